The number of ether oxygens (including phenoxy) is 2. The molecule has 0 aliphatic rings. The fourth-order valence-electron chi connectivity index (χ4n) is 5.17. The number of hydrogen-bond acceptors (Lipinski definition) is 4. The Morgan fingerprint density at radius 3 is 1.33 bits per heavy atom. The van der Waals surface area contributed by atoms with Crippen molar-refractivity contribution in [3.05, 3.63) is 85.2 Å². The molecule has 4 nitrogen and oxygen atoms in total. The summed E-state index contributed by atoms with van der Waals surface area (Å²) in [6.45, 7) is 5.76. The molecule has 0 aliphatic carbocycles. The van der Waals surface area contributed by atoms with Crippen LogP contribution in [0.5, 0.6) is 11.5 Å². The van der Waals surface area contributed by atoms with Crippen LogP contribution in [0.25, 0.3) is 44.1 Å². The Bertz CT molecular complexity index is 1410. The van der Waals surface area contributed by atoms with Crippen molar-refractivity contribution in [2.75, 3.05) is 13.2 Å². The number of aromatic nitrogens is 2. The quantitative estimate of drug-likeness (QED) is 0.0837. The summed E-state index contributed by atoms with van der Waals surface area (Å²) in [6.07, 6.45) is 13.0. The van der Waals surface area contributed by atoms with Gasteiger partial charge in [0.05, 0.1) is 13.2 Å². The molecule has 0 N–H and O–H groups in total. The second-order valence-electron chi connectivity index (χ2n) is 10.4. The van der Waals surface area contributed by atoms with E-state index in [-0.39, 0.29) is 0 Å². The third-order valence-electron chi connectivity index (χ3n) is 7.40. The first kappa shape index (κ1) is 32.0. The average Bonchev–Trinajstić information content (AvgIpc) is 3.06. The number of unbranched alkanes of at least 4 members (excludes halogenated alkanes) is 6. The molecule has 0 radical (unpaired) electrons. The van der Waals surface area contributed by atoms with E-state index in [9.17, 15) is 0 Å². The predicted molar refractivity (Wildman–Crippen MR) is 173 cm³/mol. The van der Waals surface area contributed by atoms with Crippen molar-refractivity contribution in [2.45, 2.75) is 65.2 Å². The second kappa shape index (κ2) is 17.2. The van der Waals surface area contributed by atoms with Crippen molar-refractivity contribution in [3.63, 3.8) is 0 Å². The molecule has 5 rings (SSSR count). The zero-order valence-electron chi connectivity index (χ0n) is 24.6. The molecule has 0 unspecified atom stereocenters. The molecule has 5 aromatic rings. The Balaban J connectivity index is 0.00000198. The second-order valence-corrected chi connectivity index (χ2v) is 10.4. The van der Waals surface area contributed by atoms with Crippen molar-refractivity contribution >= 4 is 31.3 Å². The van der Waals surface area contributed by atoms with E-state index in [1.54, 1.807) is 0 Å². The molecule has 2 heterocycles. The molecule has 0 saturated heterocycles. The zero-order chi connectivity index (χ0) is 29.6. The van der Waals surface area contributed by atoms with E-state index in [2.05, 4.69) is 74.5 Å². The van der Waals surface area contributed by atoms with E-state index >= 15 is 0 Å². The Morgan fingerprint density at radius 1 is 0.548 bits per heavy atom. The molecule has 220 valence electrons. The molecule has 6 heteroatoms. The molecular weight excluding hydrogens is 714 g/mol. The van der Waals surface area contributed by atoms with Crippen molar-refractivity contribution in [2.24, 2.45) is 0 Å². The van der Waals surface area contributed by atoms with E-state index in [0.717, 1.165) is 81.2 Å². The van der Waals surface area contributed by atoms with E-state index in [1.807, 2.05) is 24.5 Å². The van der Waals surface area contributed by atoms with Gasteiger partial charge >= 0.3 is 27.7 Å². The first-order valence-corrected chi connectivity index (χ1v) is 18.4. The summed E-state index contributed by atoms with van der Waals surface area (Å²) in [5.41, 5.74) is 6.05. The summed E-state index contributed by atoms with van der Waals surface area (Å²) in [5, 5.41) is 1.90. The minimum absolute atomic E-state index is 0.647. The maximum absolute atomic E-state index is 6.63. The van der Waals surface area contributed by atoms with Crippen LogP contribution in [0.2, 0.25) is 0 Å². The van der Waals surface area contributed by atoms with Gasteiger partial charge in [0.2, 0.25) is 0 Å². The summed E-state index contributed by atoms with van der Waals surface area (Å²) < 4.78 is 13.3. The molecule has 0 spiro atoms. The van der Waals surface area contributed by atoms with Gasteiger partial charge in [0.1, 0.15) is 11.0 Å². The van der Waals surface area contributed by atoms with Gasteiger partial charge in [0, 0.05) is 34.3 Å². The van der Waals surface area contributed by atoms with Crippen LogP contribution in [-0.4, -0.2) is 23.2 Å². The van der Waals surface area contributed by atoms with Gasteiger partial charge in [-0.15, -0.1) is 0 Å². The van der Waals surface area contributed by atoms with Crippen LogP contribution in [0.1, 0.15) is 65.2 Å². The summed E-state index contributed by atoms with van der Waals surface area (Å²) in [7, 11) is 4.69. The molecule has 0 atom stereocenters. The maximum atomic E-state index is 6.63. The molecular formula is C36H40ClN2O2Re. The summed E-state index contributed by atoms with van der Waals surface area (Å²) in [6, 6.07) is 25.1. The van der Waals surface area contributed by atoms with Gasteiger partial charge < -0.3 is 9.47 Å². The standard InChI is InChI=1S/C36H40N2O2.ClH.Re/c1-3-5-7-15-21-39-35-31-23-29(27-17-11-9-12-18-27)25-37-33(31)34-32(36(35)40-22-16-8-6-4-2)24-30(26-38-34)28-19-13-10-14-20-28;;/h9-14,17-20,23-26H,3-8,15-16,21-22H2,1-2H3;1H;/q;;+1/p-1. The Hall–Kier alpha value is -2.97. The monoisotopic (exact) mass is 754 g/mol. The van der Waals surface area contributed by atoms with Crippen LogP contribution in [0, 0.1) is 0 Å². The van der Waals surface area contributed by atoms with E-state index < -0.39 is 0 Å². The fourth-order valence-corrected chi connectivity index (χ4v) is 5.17. The number of pyridine rings is 2. The Morgan fingerprint density at radius 2 is 0.952 bits per heavy atom. The van der Waals surface area contributed by atoms with Gasteiger partial charge in [-0.1, -0.05) is 113 Å². The third-order valence-corrected chi connectivity index (χ3v) is 7.40. The number of rotatable bonds is 14. The van der Waals surface area contributed by atoms with Crippen LogP contribution in [0.3, 0.4) is 0 Å². The van der Waals surface area contributed by atoms with Crippen molar-refractivity contribution in [3.8, 4) is 33.8 Å². The van der Waals surface area contributed by atoms with E-state index in [4.69, 9.17) is 29.0 Å². The summed E-state index contributed by atoms with van der Waals surface area (Å²) in [4.78, 5) is 9.94. The van der Waals surface area contributed by atoms with Gasteiger partial charge in [0.15, 0.2) is 11.5 Å². The number of halogens is 1. The average molecular weight is 754 g/mol. The molecule has 2 aromatic heterocycles. The number of benzene rings is 3. The van der Waals surface area contributed by atoms with Gasteiger partial charge in [-0.05, 0) is 36.1 Å². The van der Waals surface area contributed by atoms with Gasteiger partial charge in [-0.2, -0.15) is 0 Å². The molecule has 0 fully saturated rings. The van der Waals surface area contributed by atoms with E-state index in [1.165, 1.54) is 43.9 Å². The normalized spacial score (nSPS) is 10.9. The van der Waals surface area contributed by atoms with Crippen molar-refractivity contribution < 1.29 is 27.7 Å². The fraction of sp³-hybridized carbons (Fsp3) is 0.333. The summed E-state index contributed by atoms with van der Waals surface area (Å²) in [5.74, 6) is 1.57. The first-order valence-electron chi connectivity index (χ1n) is 15.1. The zero-order valence-corrected chi connectivity index (χ0v) is 28.1. The van der Waals surface area contributed by atoms with Crippen molar-refractivity contribution in [1.29, 1.82) is 0 Å². The molecule has 0 aliphatic heterocycles. The van der Waals surface area contributed by atoms with Crippen LogP contribution in [0.15, 0.2) is 85.2 Å². The summed E-state index contributed by atoms with van der Waals surface area (Å²) >= 11 is 1.19. The van der Waals surface area contributed by atoms with E-state index in [0.29, 0.717) is 13.2 Å². The number of hydrogen-bond donors (Lipinski definition) is 0. The molecule has 0 amide bonds. The van der Waals surface area contributed by atoms with Crippen LogP contribution >= 0.6 is 9.53 Å². The van der Waals surface area contributed by atoms with Crippen LogP contribution in [-0.2, 0) is 18.2 Å². The number of nitrogens with zero attached hydrogens (tertiary/aromatic N) is 2. The van der Waals surface area contributed by atoms with Gasteiger partial charge in [-0.3, -0.25) is 9.97 Å². The van der Waals surface area contributed by atoms with Crippen LogP contribution in [0.4, 0.5) is 0 Å². The molecule has 0 bridgehead atoms. The third kappa shape index (κ3) is 8.10. The molecule has 3 aromatic carbocycles. The number of fused-ring (bicyclic) bond motifs is 3. The van der Waals surface area contributed by atoms with Crippen molar-refractivity contribution in [1.82, 2.24) is 9.97 Å². The van der Waals surface area contributed by atoms with Gasteiger partial charge in [-0.25, -0.2) is 0 Å². The van der Waals surface area contributed by atoms with Gasteiger partial charge in [0.25, 0.3) is 0 Å². The first-order chi connectivity index (χ1) is 20.8. The van der Waals surface area contributed by atoms with Crippen LogP contribution < -0.4 is 9.47 Å². The SMILES string of the molecule is CCCCCCOc1c(OCCCCCC)c2cc(-c3ccccc3)cnc2c2ncc(-c3ccccc3)cc12.[Cl][Re]. The minimum atomic E-state index is 0.647. The Kier molecular flexibility index (Phi) is 13.1. The predicted octanol–water partition coefficient (Wildman–Crippen LogP) is 10.7. The Labute approximate surface area is 265 Å². The topological polar surface area (TPSA) is 44.2 Å². The molecule has 42 heavy (non-hydrogen) atoms. The molecule has 0 saturated carbocycles.